The van der Waals surface area contributed by atoms with Crippen molar-refractivity contribution < 1.29 is 0 Å². The molecule has 2 aromatic heterocycles. The zero-order valence-corrected chi connectivity index (χ0v) is 9.43. The van der Waals surface area contributed by atoms with Crippen LogP contribution in [0.2, 0.25) is 0 Å². The van der Waals surface area contributed by atoms with E-state index in [2.05, 4.69) is 21.5 Å². The molecular weight excluding hydrogens is 200 g/mol. The molecule has 0 aliphatic heterocycles. The van der Waals surface area contributed by atoms with Crippen molar-refractivity contribution in [2.24, 2.45) is 5.73 Å². The molecule has 0 bridgehead atoms. The minimum absolute atomic E-state index is 0.0230. The Morgan fingerprint density at radius 3 is 3.06 bits per heavy atom. The summed E-state index contributed by atoms with van der Waals surface area (Å²) >= 11 is 0. The van der Waals surface area contributed by atoms with Gasteiger partial charge in [-0.15, -0.1) is 0 Å². The first kappa shape index (κ1) is 9.78. The number of rotatable bonds is 3. The van der Waals surface area contributed by atoms with Crippen molar-refractivity contribution in [2.75, 3.05) is 0 Å². The van der Waals surface area contributed by atoms with Crippen LogP contribution in [0, 0.1) is 0 Å². The lowest BCUT2D eigenvalue weighted by molar-refractivity contribution is 0.588. The Labute approximate surface area is 94.5 Å². The number of nitrogens with two attached hydrogens (primary N) is 1. The predicted octanol–water partition coefficient (Wildman–Crippen LogP) is 2.18. The molecule has 1 saturated carbocycles. The van der Waals surface area contributed by atoms with E-state index in [-0.39, 0.29) is 6.04 Å². The second kappa shape index (κ2) is 3.56. The highest BCUT2D eigenvalue weighted by molar-refractivity contribution is 5.71. The summed E-state index contributed by atoms with van der Waals surface area (Å²) in [7, 11) is 0. The van der Waals surface area contributed by atoms with Crippen LogP contribution in [-0.4, -0.2) is 14.5 Å². The van der Waals surface area contributed by atoms with Crippen molar-refractivity contribution in [3.05, 3.63) is 24.2 Å². The van der Waals surface area contributed by atoms with Crippen LogP contribution in [0.4, 0.5) is 0 Å². The van der Waals surface area contributed by atoms with Gasteiger partial charge in [-0.1, -0.05) is 6.92 Å². The predicted molar refractivity (Wildman–Crippen MR) is 63.0 cm³/mol. The zero-order chi connectivity index (χ0) is 11.1. The molecule has 3 rings (SSSR count). The van der Waals surface area contributed by atoms with E-state index in [9.17, 15) is 0 Å². The lowest BCUT2D eigenvalue weighted by Gasteiger charge is -2.11. The molecule has 4 heteroatoms. The van der Waals surface area contributed by atoms with Crippen LogP contribution in [0.5, 0.6) is 0 Å². The van der Waals surface area contributed by atoms with Crippen molar-refractivity contribution in [3.8, 4) is 0 Å². The average Bonchev–Trinajstić information content (AvgIpc) is 3.08. The Morgan fingerprint density at radius 1 is 1.56 bits per heavy atom. The summed E-state index contributed by atoms with van der Waals surface area (Å²) in [6.45, 7) is 2.09. The maximum Gasteiger partial charge on any atom is 0.160 e. The first-order valence-corrected chi connectivity index (χ1v) is 5.89. The van der Waals surface area contributed by atoms with Crippen LogP contribution >= 0.6 is 0 Å². The fourth-order valence-electron chi connectivity index (χ4n) is 2.08. The second-order valence-corrected chi connectivity index (χ2v) is 4.43. The SMILES string of the molecule is CCC(N)c1nc2cccnc2n1C1CC1. The molecule has 2 heterocycles. The summed E-state index contributed by atoms with van der Waals surface area (Å²) in [6, 6.07) is 4.53. The smallest absolute Gasteiger partial charge is 0.160 e. The number of hydrogen-bond acceptors (Lipinski definition) is 3. The molecule has 0 spiro atoms. The van der Waals surface area contributed by atoms with Gasteiger partial charge in [0.2, 0.25) is 0 Å². The Balaban J connectivity index is 2.22. The van der Waals surface area contributed by atoms with E-state index in [0.29, 0.717) is 6.04 Å². The summed E-state index contributed by atoms with van der Waals surface area (Å²) in [6.07, 6.45) is 5.19. The first-order chi connectivity index (χ1) is 7.81. The van der Waals surface area contributed by atoms with Crippen molar-refractivity contribution in [1.82, 2.24) is 14.5 Å². The number of imidazole rings is 1. The van der Waals surface area contributed by atoms with Gasteiger partial charge in [0.05, 0.1) is 6.04 Å². The number of aromatic nitrogens is 3. The number of fused-ring (bicyclic) bond motifs is 1. The van der Waals surface area contributed by atoms with Gasteiger partial charge in [0.25, 0.3) is 0 Å². The zero-order valence-electron chi connectivity index (χ0n) is 9.43. The van der Waals surface area contributed by atoms with Crippen LogP contribution < -0.4 is 5.73 Å². The quantitative estimate of drug-likeness (QED) is 0.855. The maximum atomic E-state index is 6.11. The molecule has 1 atom stereocenters. The largest absolute Gasteiger partial charge is 0.321 e. The van der Waals surface area contributed by atoms with E-state index in [0.717, 1.165) is 23.4 Å². The molecule has 2 N–H and O–H groups in total. The van der Waals surface area contributed by atoms with E-state index in [1.807, 2.05) is 18.3 Å². The molecule has 16 heavy (non-hydrogen) atoms. The molecule has 4 nitrogen and oxygen atoms in total. The van der Waals surface area contributed by atoms with Gasteiger partial charge in [-0.2, -0.15) is 0 Å². The van der Waals surface area contributed by atoms with Gasteiger partial charge >= 0.3 is 0 Å². The molecule has 0 aromatic carbocycles. The molecule has 1 aliphatic carbocycles. The third-order valence-electron chi connectivity index (χ3n) is 3.16. The van der Waals surface area contributed by atoms with Gasteiger partial charge in [0, 0.05) is 12.2 Å². The summed E-state index contributed by atoms with van der Waals surface area (Å²) in [5, 5.41) is 0. The molecule has 1 fully saturated rings. The fraction of sp³-hybridized carbons (Fsp3) is 0.500. The maximum absolute atomic E-state index is 6.11. The van der Waals surface area contributed by atoms with Crippen LogP contribution in [0.25, 0.3) is 11.2 Å². The molecular formula is C12H16N4. The highest BCUT2D eigenvalue weighted by atomic mass is 15.2. The first-order valence-electron chi connectivity index (χ1n) is 5.89. The topological polar surface area (TPSA) is 56.7 Å². The number of hydrogen-bond donors (Lipinski definition) is 1. The molecule has 1 aliphatic rings. The molecule has 1 unspecified atom stereocenters. The summed E-state index contributed by atoms with van der Waals surface area (Å²) in [5.74, 6) is 0.999. The summed E-state index contributed by atoms with van der Waals surface area (Å²) < 4.78 is 2.24. The van der Waals surface area contributed by atoms with Crippen LogP contribution in [0.1, 0.15) is 44.1 Å². The minimum atomic E-state index is 0.0230. The highest BCUT2D eigenvalue weighted by Crippen LogP contribution is 2.39. The lowest BCUT2D eigenvalue weighted by atomic mass is 10.2. The van der Waals surface area contributed by atoms with Crippen molar-refractivity contribution in [1.29, 1.82) is 0 Å². The van der Waals surface area contributed by atoms with Crippen LogP contribution in [0.3, 0.4) is 0 Å². The Morgan fingerprint density at radius 2 is 2.38 bits per heavy atom. The fourth-order valence-corrected chi connectivity index (χ4v) is 2.08. The van der Waals surface area contributed by atoms with Crippen molar-refractivity contribution in [3.63, 3.8) is 0 Å². The van der Waals surface area contributed by atoms with Gasteiger partial charge in [0.1, 0.15) is 11.3 Å². The van der Waals surface area contributed by atoms with Gasteiger partial charge in [-0.25, -0.2) is 9.97 Å². The molecule has 0 amide bonds. The second-order valence-electron chi connectivity index (χ2n) is 4.43. The van der Waals surface area contributed by atoms with Crippen molar-refractivity contribution >= 4 is 11.2 Å². The summed E-state index contributed by atoms with van der Waals surface area (Å²) in [5.41, 5.74) is 8.07. The highest BCUT2D eigenvalue weighted by Gasteiger charge is 2.30. The minimum Gasteiger partial charge on any atom is -0.321 e. The third-order valence-corrected chi connectivity index (χ3v) is 3.16. The number of pyridine rings is 1. The van der Waals surface area contributed by atoms with E-state index in [1.54, 1.807) is 0 Å². The molecule has 2 aromatic rings. The Kier molecular flexibility index (Phi) is 2.17. The van der Waals surface area contributed by atoms with E-state index in [4.69, 9.17) is 5.73 Å². The Bertz CT molecular complexity index is 513. The van der Waals surface area contributed by atoms with E-state index < -0.39 is 0 Å². The van der Waals surface area contributed by atoms with Gasteiger partial charge in [0.15, 0.2) is 5.65 Å². The monoisotopic (exact) mass is 216 g/mol. The Hall–Kier alpha value is -1.42. The number of nitrogens with zero attached hydrogens (tertiary/aromatic N) is 3. The lowest BCUT2D eigenvalue weighted by Crippen LogP contribution is -2.15. The van der Waals surface area contributed by atoms with Crippen molar-refractivity contribution in [2.45, 2.75) is 38.3 Å². The van der Waals surface area contributed by atoms with Gasteiger partial charge in [-0.05, 0) is 31.4 Å². The molecule has 84 valence electrons. The van der Waals surface area contributed by atoms with E-state index >= 15 is 0 Å². The van der Waals surface area contributed by atoms with Gasteiger partial charge < -0.3 is 10.3 Å². The van der Waals surface area contributed by atoms with Gasteiger partial charge in [-0.3, -0.25) is 0 Å². The molecule has 0 saturated heterocycles. The van der Waals surface area contributed by atoms with Crippen LogP contribution in [-0.2, 0) is 0 Å². The summed E-state index contributed by atoms with van der Waals surface area (Å²) in [4.78, 5) is 9.04. The average molecular weight is 216 g/mol. The van der Waals surface area contributed by atoms with Crippen LogP contribution in [0.15, 0.2) is 18.3 Å². The normalized spacial score (nSPS) is 17.9. The third kappa shape index (κ3) is 1.41. The van der Waals surface area contributed by atoms with E-state index in [1.165, 1.54) is 12.8 Å². The molecule has 0 radical (unpaired) electrons. The standard InChI is InChI=1S/C12H16N4/c1-2-9(13)11-15-10-4-3-7-14-12(10)16(11)8-5-6-8/h3-4,7-9H,2,5-6,13H2,1H3.